The van der Waals surface area contributed by atoms with Crippen LogP contribution in [0.3, 0.4) is 0 Å². The zero-order valence-corrected chi connectivity index (χ0v) is 16.6. The highest BCUT2D eigenvalue weighted by atomic mass is 32.1. The van der Waals surface area contributed by atoms with Crippen LogP contribution in [0, 0.1) is 6.92 Å². The SMILES string of the molecule is Cc1nc(C(CC(=O)O)NC(=O)OCC2c3ccccc3-c3ccccc32)cs1. The number of carboxylic acid groups (broad SMARTS) is 1. The standard InChI is InChI=1S/C22H20N2O4S/c1-13-23-20(12-29-13)19(10-21(25)26)24-22(27)28-11-18-16-8-4-2-6-14(16)15-7-3-5-9-17(15)18/h2-9,12,18-19H,10-11H2,1H3,(H,24,27)(H,25,26). The number of nitrogens with one attached hydrogen (secondary N) is 1. The number of nitrogens with zero attached hydrogens (tertiary/aromatic N) is 1. The molecular formula is C22H20N2O4S. The van der Waals surface area contributed by atoms with Gasteiger partial charge in [-0.1, -0.05) is 48.5 Å². The fourth-order valence-corrected chi connectivity index (χ4v) is 4.39. The van der Waals surface area contributed by atoms with Crippen molar-refractivity contribution in [3.63, 3.8) is 0 Å². The van der Waals surface area contributed by atoms with Gasteiger partial charge in [0.2, 0.25) is 0 Å². The molecule has 2 N–H and O–H groups in total. The number of hydrogen-bond donors (Lipinski definition) is 2. The normalized spacial score (nSPS) is 13.4. The second kappa shape index (κ2) is 8.05. The van der Waals surface area contributed by atoms with E-state index in [2.05, 4.69) is 22.4 Å². The molecule has 0 bridgehead atoms. The van der Waals surface area contributed by atoms with Crippen LogP contribution in [0.1, 0.15) is 40.2 Å². The van der Waals surface area contributed by atoms with Gasteiger partial charge in [0, 0.05) is 11.3 Å². The number of ether oxygens (including phenoxy) is 1. The molecule has 1 aromatic heterocycles. The molecule has 3 aromatic rings. The largest absolute Gasteiger partial charge is 0.481 e. The van der Waals surface area contributed by atoms with E-state index in [0.29, 0.717) is 5.69 Å². The Morgan fingerprint density at radius 1 is 1.14 bits per heavy atom. The van der Waals surface area contributed by atoms with Gasteiger partial charge >= 0.3 is 12.1 Å². The van der Waals surface area contributed by atoms with Gasteiger partial charge in [-0.3, -0.25) is 4.79 Å². The number of carbonyl (C=O) groups is 2. The van der Waals surface area contributed by atoms with Crippen LogP contribution >= 0.6 is 11.3 Å². The molecule has 2 aromatic carbocycles. The summed E-state index contributed by atoms with van der Waals surface area (Å²) in [5, 5.41) is 14.4. The average Bonchev–Trinajstić information content (AvgIpc) is 3.27. The van der Waals surface area contributed by atoms with Crippen molar-refractivity contribution in [2.24, 2.45) is 0 Å². The molecule has 0 radical (unpaired) electrons. The lowest BCUT2D eigenvalue weighted by Crippen LogP contribution is -2.32. The van der Waals surface area contributed by atoms with Crippen LogP contribution in [0.25, 0.3) is 11.1 Å². The fourth-order valence-electron chi connectivity index (χ4n) is 3.73. The molecule has 0 saturated heterocycles. The Labute approximate surface area is 172 Å². The lowest BCUT2D eigenvalue weighted by Gasteiger charge is -2.18. The summed E-state index contributed by atoms with van der Waals surface area (Å²) in [5.74, 6) is -1.06. The minimum absolute atomic E-state index is 0.0485. The number of rotatable bonds is 6. The number of fused-ring (bicyclic) bond motifs is 3. The maximum atomic E-state index is 12.4. The quantitative estimate of drug-likeness (QED) is 0.627. The summed E-state index contributed by atoms with van der Waals surface area (Å²) in [4.78, 5) is 27.9. The number of alkyl carbamates (subject to hydrolysis) is 1. The highest BCUT2D eigenvalue weighted by Gasteiger charge is 2.29. The van der Waals surface area contributed by atoms with Crippen LogP contribution in [0.4, 0.5) is 4.79 Å². The summed E-state index contributed by atoms with van der Waals surface area (Å²) in [6.45, 7) is 2.01. The first kappa shape index (κ1) is 19.1. The predicted molar refractivity (Wildman–Crippen MR) is 110 cm³/mol. The summed E-state index contributed by atoms with van der Waals surface area (Å²) in [6.07, 6.45) is -0.906. The molecule has 1 aliphatic rings. The molecule has 0 saturated carbocycles. The third kappa shape index (κ3) is 4.00. The third-order valence-corrected chi connectivity index (χ3v) is 5.80. The molecule has 1 unspecified atom stereocenters. The summed E-state index contributed by atoms with van der Waals surface area (Å²) < 4.78 is 5.51. The zero-order chi connectivity index (χ0) is 20.4. The molecule has 0 aliphatic heterocycles. The Balaban J connectivity index is 1.47. The van der Waals surface area contributed by atoms with Crippen molar-refractivity contribution >= 4 is 23.4 Å². The van der Waals surface area contributed by atoms with Gasteiger partial charge in [0.05, 0.1) is 23.2 Å². The van der Waals surface area contributed by atoms with Gasteiger partial charge in [-0.25, -0.2) is 9.78 Å². The van der Waals surface area contributed by atoms with E-state index in [4.69, 9.17) is 9.84 Å². The van der Waals surface area contributed by atoms with Crippen molar-refractivity contribution in [1.29, 1.82) is 0 Å². The summed E-state index contributed by atoms with van der Waals surface area (Å²) in [6, 6.07) is 15.5. The number of aryl methyl sites for hydroxylation is 1. The van der Waals surface area contributed by atoms with E-state index >= 15 is 0 Å². The van der Waals surface area contributed by atoms with Crippen molar-refractivity contribution < 1.29 is 19.4 Å². The molecule has 7 heteroatoms. The monoisotopic (exact) mass is 408 g/mol. The minimum atomic E-state index is -1.01. The van der Waals surface area contributed by atoms with Gasteiger partial charge < -0.3 is 15.2 Å². The smallest absolute Gasteiger partial charge is 0.407 e. The number of carboxylic acids is 1. The van der Waals surface area contributed by atoms with E-state index in [0.717, 1.165) is 27.3 Å². The van der Waals surface area contributed by atoms with Crippen molar-refractivity contribution in [3.05, 3.63) is 75.7 Å². The van der Waals surface area contributed by atoms with Crippen LogP contribution in [0.2, 0.25) is 0 Å². The summed E-state index contributed by atoms with van der Waals surface area (Å²) >= 11 is 1.41. The number of hydrogen-bond acceptors (Lipinski definition) is 5. The summed E-state index contributed by atoms with van der Waals surface area (Å²) in [5.41, 5.74) is 5.08. The Hall–Kier alpha value is -3.19. The molecular weight excluding hydrogens is 388 g/mol. The number of amides is 1. The molecule has 0 spiro atoms. The van der Waals surface area contributed by atoms with Crippen LogP contribution in [0.15, 0.2) is 53.9 Å². The van der Waals surface area contributed by atoms with Crippen LogP contribution < -0.4 is 5.32 Å². The van der Waals surface area contributed by atoms with Crippen molar-refractivity contribution in [3.8, 4) is 11.1 Å². The second-order valence-electron chi connectivity index (χ2n) is 6.91. The molecule has 1 amide bonds. The van der Waals surface area contributed by atoms with Crippen molar-refractivity contribution in [2.75, 3.05) is 6.61 Å². The molecule has 1 atom stereocenters. The van der Waals surface area contributed by atoms with E-state index in [1.165, 1.54) is 11.3 Å². The maximum absolute atomic E-state index is 12.4. The molecule has 1 aliphatic carbocycles. The molecule has 148 valence electrons. The van der Waals surface area contributed by atoms with E-state index in [-0.39, 0.29) is 18.9 Å². The topological polar surface area (TPSA) is 88.5 Å². The number of aromatic nitrogens is 1. The van der Waals surface area contributed by atoms with Crippen LogP contribution in [-0.4, -0.2) is 28.8 Å². The zero-order valence-electron chi connectivity index (χ0n) is 15.8. The van der Waals surface area contributed by atoms with Gasteiger partial charge in [0.15, 0.2) is 0 Å². The van der Waals surface area contributed by atoms with Gasteiger partial charge in [0.25, 0.3) is 0 Å². The van der Waals surface area contributed by atoms with E-state index in [1.807, 2.05) is 43.3 Å². The first-order valence-corrected chi connectivity index (χ1v) is 10.2. The van der Waals surface area contributed by atoms with E-state index in [1.54, 1.807) is 5.38 Å². The van der Waals surface area contributed by atoms with Gasteiger partial charge in [-0.2, -0.15) is 0 Å². The number of thiazole rings is 1. The number of carbonyl (C=O) groups excluding carboxylic acids is 1. The Morgan fingerprint density at radius 3 is 2.31 bits per heavy atom. The van der Waals surface area contributed by atoms with Gasteiger partial charge in [-0.05, 0) is 29.2 Å². The van der Waals surface area contributed by atoms with E-state index in [9.17, 15) is 9.59 Å². The molecule has 4 rings (SSSR count). The fraction of sp³-hybridized carbons (Fsp3) is 0.227. The first-order valence-electron chi connectivity index (χ1n) is 9.28. The van der Waals surface area contributed by atoms with Gasteiger partial charge in [0.1, 0.15) is 6.61 Å². The minimum Gasteiger partial charge on any atom is -0.481 e. The van der Waals surface area contributed by atoms with E-state index < -0.39 is 18.1 Å². The maximum Gasteiger partial charge on any atom is 0.407 e. The highest BCUT2D eigenvalue weighted by Crippen LogP contribution is 2.44. The lowest BCUT2D eigenvalue weighted by atomic mass is 9.98. The van der Waals surface area contributed by atoms with Gasteiger partial charge in [-0.15, -0.1) is 11.3 Å². The molecule has 1 heterocycles. The second-order valence-corrected chi connectivity index (χ2v) is 7.97. The first-order chi connectivity index (χ1) is 14.0. The Bertz CT molecular complexity index is 1020. The van der Waals surface area contributed by atoms with Crippen molar-refractivity contribution in [2.45, 2.75) is 25.3 Å². The molecule has 6 nitrogen and oxygen atoms in total. The van der Waals surface area contributed by atoms with Crippen LogP contribution in [-0.2, 0) is 9.53 Å². The number of aliphatic carboxylic acids is 1. The number of benzene rings is 2. The molecule has 29 heavy (non-hydrogen) atoms. The third-order valence-electron chi connectivity index (χ3n) is 5.01. The Morgan fingerprint density at radius 2 is 1.76 bits per heavy atom. The van der Waals surface area contributed by atoms with Crippen molar-refractivity contribution in [1.82, 2.24) is 10.3 Å². The molecule has 0 fully saturated rings. The Kier molecular flexibility index (Phi) is 5.31. The highest BCUT2D eigenvalue weighted by molar-refractivity contribution is 7.09. The summed E-state index contributed by atoms with van der Waals surface area (Å²) in [7, 11) is 0. The predicted octanol–water partition coefficient (Wildman–Crippen LogP) is 4.51. The van der Waals surface area contributed by atoms with Crippen LogP contribution in [0.5, 0.6) is 0 Å². The average molecular weight is 408 g/mol. The lowest BCUT2D eigenvalue weighted by molar-refractivity contribution is -0.137.